The molecule has 0 spiro atoms. The van der Waals surface area contributed by atoms with Crippen LogP contribution in [0.4, 0.5) is 9.59 Å². The molecule has 16 heteroatoms. The zero-order valence-electron chi connectivity index (χ0n) is 44.6. The lowest BCUT2D eigenvalue weighted by Crippen LogP contribution is -2.53. The van der Waals surface area contributed by atoms with E-state index in [2.05, 4.69) is 28.1 Å². The second-order valence-corrected chi connectivity index (χ2v) is 24.1. The van der Waals surface area contributed by atoms with E-state index in [9.17, 15) is 33.5 Å². The van der Waals surface area contributed by atoms with Crippen LogP contribution in [0.25, 0.3) is 0 Å². The van der Waals surface area contributed by atoms with Gasteiger partial charge in [-0.2, -0.15) is 14.8 Å². The number of nitrogens with zero attached hydrogens (tertiary/aromatic N) is 3. The highest BCUT2D eigenvalue weighted by molar-refractivity contribution is 7.89. The molecule has 0 aromatic heterocycles. The van der Waals surface area contributed by atoms with Gasteiger partial charge >= 0.3 is 12.2 Å². The molecular formula is C57H86N6O9S. The van der Waals surface area contributed by atoms with Gasteiger partial charge in [-0.05, 0) is 134 Å². The molecule has 3 aromatic carbocycles. The zero-order valence-corrected chi connectivity index (χ0v) is 45.4. The first kappa shape index (κ1) is 62.2. The van der Waals surface area contributed by atoms with Crippen LogP contribution in [0.5, 0.6) is 0 Å². The first-order chi connectivity index (χ1) is 34.1. The molecule has 2 amide bonds. The minimum atomic E-state index is -3.99. The van der Waals surface area contributed by atoms with E-state index < -0.39 is 57.7 Å². The van der Waals surface area contributed by atoms with Crippen molar-refractivity contribution in [1.29, 1.82) is 10.5 Å². The van der Waals surface area contributed by atoms with E-state index in [1.165, 1.54) is 23.6 Å². The van der Waals surface area contributed by atoms with Gasteiger partial charge in [0.1, 0.15) is 11.2 Å². The lowest BCUT2D eigenvalue weighted by molar-refractivity contribution is 0.0375. The Morgan fingerprint density at radius 3 is 1.53 bits per heavy atom. The summed E-state index contributed by atoms with van der Waals surface area (Å²) in [5, 5.41) is 50.0. The topological polar surface area (TPSA) is 246 Å². The maximum Gasteiger partial charge on any atom is 0.407 e. The third-order valence-corrected chi connectivity index (χ3v) is 15.5. The van der Waals surface area contributed by atoms with Crippen molar-refractivity contribution in [2.75, 3.05) is 26.2 Å². The first-order valence-corrected chi connectivity index (χ1v) is 27.5. The Bertz CT molecular complexity index is 2280. The smallest absolute Gasteiger partial charge is 0.407 e. The predicted octanol–water partition coefficient (Wildman–Crippen LogP) is 9.24. The molecule has 2 aliphatic rings. The van der Waals surface area contributed by atoms with Gasteiger partial charge in [-0.1, -0.05) is 117 Å². The molecule has 0 bridgehead atoms. The van der Waals surface area contributed by atoms with E-state index in [1.54, 1.807) is 45.0 Å². The van der Waals surface area contributed by atoms with Crippen molar-refractivity contribution in [3.63, 3.8) is 0 Å². The van der Waals surface area contributed by atoms with E-state index in [1.807, 2.05) is 88.4 Å². The van der Waals surface area contributed by atoms with Gasteiger partial charge in [0.2, 0.25) is 10.0 Å². The number of benzene rings is 3. The number of aliphatic hydroxyl groups is 2. The molecule has 2 saturated carbocycles. The molecule has 4 atom stereocenters. The Hall–Kier alpha value is -5.07. The number of sulfonamides is 1. The molecule has 2 fully saturated rings. The Balaban J connectivity index is 0.000000395. The summed E-state index contributed by atoms with van der Waals surface area (Å²) in [5.74, 6) is 0. The highest BCUT2D eigenvalue weighted by Crippen LogP contribution is 2.42. The van der Waals surface area contributed by atoms with E-state index in [0.717, 1.165) is 74.6 Å². The van der Waals surface area contributed by atoms with Crippen molar-refractivity contribution in [3.05, 3.63) is 102 Å². The second-order valence-electron chi connectivity index (χ2n) is 22.2. The maximum absolute atomic E-state index is 14.1. The first-order valence-electron chi connectivity index (χ1n) is 26.0. The van der Waals surface area contributed by atoms with Gasteiger partial charge in [0, 0.05) is 39.0 Å². The van der Waals surface area contributed by atoms with Crippen LogP contribution in [0, 0.1) is 40.4 Å². The Kier molecular flexibility index (Phi) is 25.3. The van der Waals surface area contributed by atoms with E-state index >= 15 is 0 Å². The zero-order chi connectivity index (χ0) is 52.8. The van der Waals surface area contributed by atoms with Gasteiger partial charge in [-0.15, -0.1) is 0 Å². The van der Waals surface area contributed by atoms with Crippen molar-refractivity contribution < 1.29 is 43.2 Å². The molecule has 3 aromatic rings. The van der Waals surface area contributed by atoms with Crippen molar-refractivity contribution >= 4 is 22.2 Å². The molecule has 15 nitrogen and oxygen atoms in total. The van der Waals surface area contributed by atoms with Crippen LogP contribution in [0.15, 0.2) is 89.8 Å². The quantitative estimate of drug-likeness (QED) is 0.0635. The van der Waals surface area contributed by atoms with Crippen molar-refractivity contribution in [2.24, 2.45) is 10.8 Å². The SMILES string of the molecule is CC(C)(C)OC(=O)N[C@@H](Cc1ccccc1)C(O)CNCC1(CCC#N)CCCCC1.Cc1ccc(S(=O)(=O)N(CC(O)[C@H](Cc2ccccc2)NC(=O)OC(C)(C)C)CC2(CCC#N)CCCCC2)cc1.O. The third-order valence-electron chi connectivity index (χ3n) is 13.7. The van der Waals surface area contributed by atoms with Crippen LogP contribution in [-0.2, 0) is 32.3 Å². The lowest BCUT2D eigenvalue weighted by atomic mass is 9.71. The summed E-state index contributed by atoms with van der Waals surface area (Å²) < 4.78 is 40.4. The fourth-order valence-electron chi connectivity index (χ4n) is 9.91. The Morgan fingerprint density at radius 2 is 1.10 bits per heavy atom. The molecule has 0 aliphatic heterocycles. The average molecular weight is 1030 g/mol. The molecule has 5 rings (SSSR count). The standard InChI is InChI=1S/C32H45N3O5S.C25H39N3O3.H2O/c1-25-14-16-27(17-15-25)41(38,39)35(24-32(20-11-21-33)18-9-6-10-19-32)23-29(36)28(22-26-12-7-5-8-13-26)34-30(37)40-31(2,3)4;1-24(2,3)31-23(30)28-21(17-20-11-6-4-7-12-20)22(29)18-27-19-25(15-10-16-26)13-8-5-9-14-25;/h5,7-8,12-17,28-29,36H,6,9-11,18-20,22-24H2,1-4H3,(H,34,37);4,6-7,11-12,21-22,27,29H,5,8-10,13-15,17-19H2,1-3H3,(H,28,30);1H2/t28-,29?;21-,22?;/m00./s1. The summed E-state index contributed by atoms with van der Waals surface area (Å²) in [6, 6.07) is 29.2. The maximum atomic E-state index is 14.1. The van der Waals surface area contributed by atoms with Crippen molar-refractivity contribution in [3.8, 4) is 12.1 Å². The molecule has 0 heterocycles. The van der Waals surface area contributed by atoms with Gasteiger partial charge in [0.25, 0.3) is 0 Å². The van der Waals surface area contributed by atoms with Crippen LogP contribution in [0.2, 0.25) is 0 Å². The van der Waals surface area contributed by atoms with Crippen molar-refractivity contribution in [2.45, 2.75) is 192 Å². The molecule has 7 N–H and O–H groups in total. The number of nitrogens with one attached hydrogen (secondary N) is 3. The third kappa shape index (κ3) is 22.1. The number of rotatable bonds is 22. The highest BCUT2D eigenvalue weighted by atomic mass is 32.2. The Labute approximate surface area is 436 Å². The van der Waals surface area contributed by atoms with Crippen molar-refractivity contribution in [1.82, 2.24) is 20.3 Å². The molecule has 0 radical (unpaired) electrons. The largest absolute Gasteiger partial charge is 0.444 e. The van der Waals surface area contributed by atoms with Gasteiger partial charge < -0.3 is 41.1 Å². The lowest BCUT2D eigenvalue weighted by Gasteiger charge is -2.41. The van der Waals surface area contributed by atoms with E-state index in [0.29, 0.717) is 38.6 Å². The summed E-state index contributed by atoms with van der Waals surface area (Å²) in [6.07, 6.45) is 10.6. The average Bonchev–Trinajstić information content (AvgIpc) is 3.32. The number of hydrogen-bond donors (Lipinski definition) is 5. The van der Waals surface area contributed by atoms with Gasteiger partial charge in [0.05, 0.1) is 41.3 Å². The van der Waals surface area contributed by atoms with Gasteiger partial charge in [0.15, 0.2) is 0 Å². The van der Waals surface area contributed by atoms with Gasteiger partial charge in [-0.3, -0.25) is 0 Å². The number of nitriles is 2. The minimum absolute atomic E-state index is 0. The number of alkyl carbamates (subject to hydrolysis) is 2. The Morgan fingerprint density at radius 1 is 0.671 bits per heavy atom. The molecule has 2 aliphatic carbocycles. The molecule has 404 valence electrons. The number of hydrogen-bond acceptors (Lipinski definition) is 11. The fourth-order valence-corrected chi connectivity index (χ4v) is 11.5. The fraction of sp³-hybridized carbons (Fsp3) is 0.614. The predicted molar refractivity (Wildman–Crippen MR) is 286 cm³/mol. The monoisotopic (exact) mass is 1030 g/mol. The van der Waals surface area contributed by atoms with E-state index in [4.69, 9.17) is 14.7 Å². The number of carbonyl (C=O) groups excluding carboxylic acids is 2. The normalized spacial score (nSPS) is 17.1. The van der Waals surface area contributed by atoms with Crippen LogP contribution in [0.1, 0.15) is 148 Å². The summed E-state index contributed by atoms with van der Waals surface area (Å²) in [7, 11) is -3.99. The number of amides is 2. The summed E-state index contributed by atoms with van der Waals surface area (Å²) in [4.78, 5) is 25.3. The van der Waals surface area contributed by atoms with Crippen LogP contribution < -0.4 is 16.0 Å². The molecule has 73 heavy (non-hydrogen) atoms. The van der Waals surface area contributed by atoms with Crippen LogP contribution >= 0.6 is 0 Å². The minimum Gasteiger partial charge on any atom is -0.444 e. The summed E-state index contributed by atoms with van der Waals surface area (Å²) >= 11 is 0. The molecule has 2 unspecified atom stereocenters. The second kappa shape index (κ2) is 29.7. The summed E-state index contributed by atoms with van der Waals surface area (Å²) in [6.45, 7) is 13.8. The molecule has 0 saturated heterocycles. The molecular weight excluding hydrogens is 945 g/mol. The van der Waals surface area contributed by atoms with Crippen LogP contribution in [0.3, 0.4) is 0 Å². The number of aryl methyl sites for hydroxylation is 1. The van der Waals surface area contributed by atoms with Gasteiger partial charge in [-0.25, -0.2) is 18.0 Å². The number of aliphatic hydroxyl groups excluding tert-OH is 2. The van der Waals surface area contributed by atoms with E-state index in [-0.39, 0.29) is 34.3 Å². The van der Waals surface area contributed by atoms with Crippen LogP contribution in [-0.4, -0.2) is 102 Å². The summed E-state index contributed by atoms with van der Waals surface area (Å²) in [5.41, 5.74) is 1.33. The number of ether oxygens (including phenoxy) is 2. The highest BCUT2D eigenvalue weighted by Gasteiger charge is 2.40. The number of carbonyl (C=O) groups is 2.